The smallest absolute Gasteiger partial charge is 0.254 e. The summed E-state index contributed by atoms with van der Waals surface area (Å²) in [7, 11) is 0. The first kappa shape index (κ1) is 18.2. The van der Waals surface area contributed by atoms with Crippen LogP contribution in [0.25, 0.3) is 5.69 Å². The maximum absolute atomic E-state index is 14.1. The van der Waals surface area contributed by atoms with E-state index in [1.54, 1.807) is 0 Å². The Morgan fingerprint density at radius 1 is 1.11 bits per heavy atom. The van der Waals surface area contributed by atoms with Crippen molar-refractivity contribution in [3.8, 4) is 5.69 Å². The molecule has 3 aromatic rings. The summed E-state index contributed by atoms with van der Waals surface area (Å²) in [5, 5.41) is 6.88. The molecule has 28 heavy (non-hydrogen) atoms. The zero-order chi connectivity index (χ0) is 19.8. The van der Waals surface area contributed by atoms with E-state index in [0.717, 1.165) is 18.2 Å². The van der Waals surface area contributed by atoms with Crippen molar-refractivity contribution in [2.45, 2.75) is 25.3 Å². The van der Waals surface area contributed by atoms with E-state index in [2.05, 4.69) is 10.4 Å². The lowest BCUT2D eigenvalue weighted by atomic mass is 9.92. The molecule has 0 spiro atoms. The van der Waals surface area contributed by atoms with Crippen molar-refractivity contribution in [3.05, 3.63) is 82.7 Å². The van der Waals surface area contributed by atoms with Gasteiger partial charge in [-0.15, -0.1) is 0 Å². The van der Waals surface area contributed by atoms with Crippen molar-refractivity contribution >= 4 is 5.91 Å². The number of hydrogen-bond donors (Lipinski definition) is 1. The third kappa shape index (κ3) is 3.15. The van der Waals surface area contributed by atoms with Gasteiger partial charge >= 0.3 is 0 Å². The first-order valence-electron chi connectivity index (χ1n) is 8.73. The summed E-state index contributed by atoms with van der Waals surface area (Å²) in [5.41, 5.74) is 1.07. The van der Waals surface area contributed by atoms with E-state index in [-0.39, 0.29) is 11.3 Å². The van der Waals surface area contributed by atoms with Crippen LogP contribution in [0.4, 0.5) is 17.6 Å². The van der Waals surface area contributed by atoms with Gasteiger partial charge in [-0.05, 0) is 43.5 Å². The zero-order valence-electron chi connectivity index (χ0n) is 14.6. The number of rotatable bonds is 3. The van der Waals surface area contributed by atoms with Crippen molar-refractivity contribution in [1.29, 1.82) is 0 Å². The van der Waals surface area contributed by atoms with Crippen molar-refractivity contribution < 1.29 is 22.4 Å². The number of carbonyl (C=O) groups is 1. The number of nitrogens with one attached hydrogen (secondary N) is 1. The summed E-state index contributed by atoms with van der Waals surface area (Å²) < 4.78 is 56.0. The number of fused-ring (bicyclic) bond motifs is 1. The molecule has 2 aromatic carbocycles. The fraction of sp³-hybridized carbons (Fsp3) is 0.200. The molecule has 1 unspecified atom stereocenters. The number of halogens is 4. The second kappa shape index (κ2) is 7.10. The normalized spacial score (nSPS) is 15.9. The fourth-order valence-corrected chi connectivity index (χ4v) is 3.48. The van der Waals surface area contributed by atoms with Gasteiger partial charge in [-0.25, -0.2) is 22.2 Å². The molecule has 4 rings (SSSR count). The standard InChI is InChI=1S/C20H15F4N3O/c21-11-7-8-18(15(23)9-11)27-17-6-2-5-16(13(17)10-25-27)26-20(28)12-3-1-4-14(22)19(12)24/h1,3-4,7-10,16H,2,5-6H2,(H,26,28). The molecule has 8 heteroatoms. The number of aromatic nitrogens is 2. The van der Waals surface area contributed by atoms with Crippen LogP contribution < -0.4 is 5.32 Å². The lowest BCUT2D eigenvalue weighted by molar-refractivity contribution is 0.0927. The van der Waals surface area contributed by atoms with Crippen LogP contribution >= 0.6 is 0 Å². The van der Waals surface area contributed by atoms with Crippen molar-refractivity contribution in [2.75, 3.05) is 0 Å². The molecule has 1 atom stereocenters. The first-order valence-corrected chi connectivity index (χ1v) is 8.73. The first-order chi connectivity index (χ1) is 13.5. The maximum Gasteiger partial charge on any atom is 0.254 e. The number of benzene rings is 2. The molecule has 1 amide bonds. The minimum Gasteiger partial charge on any atom is -0.345 e. The Kier molecular flexibility index (Phi) is 4.62. The van der Waals surface area contributed by atoms with E-state index in [0.29, 0.717) is 30.5 Å². The predicted molar refractivity (Wildman–Crippen MR) is 93.0 cm³/mol. The van der Waals surface area contributed by atoms with Gasteiger partial charge in [-0.3, -0.25) is 4.79 Å². The van der Waals surface area contributed by atoms with E-state index < -0.39 is 35.2 Å². The van der Waals surface area contributed by atoms with Crippen LogP contribution in [0.1, 0.15) is 40.5 Å². The molecule has 0 aliphatic heterocycles. The predicted octanol–water partition coefficient (Wildman–Crippen LogP) is 4.24. The minimum atomic E-state index is -1.21. The van der Waals surface area contributed by atoms with E-state index in [1.165, 1.54) is 29.1 Å². The maximum atomic E-state index is 14.1. The third-order valence-electron chi connectivity index (χ3n) is 4.82. The highest BCUT2D eigenvalue weighted by atomic mass is 19.2. The van der Waals surface area contributed by atoms with Crippen LogP contribution in [-0.2, 0) is 6.42 Å². The van der Waals surface area contributed by atoms with E-state index in [9.17, 15) is 22.4 Å². The number of amides is 1. The van der Waals surface area contributed by atoms with Crippen molar-refractivity contribution in [2.24, 2.45) is 0 Å². The lowest BCUT2D eigenvalue weighted by Gasteiger charge is -2.24. The summed E-state index contributed by atoms with van der Waals surface area (Å²) in [6, 6.07) is 6.13. The zero-order valence-corrected chi connectivity index (χ0v) is 14.6. The average Bonchev–Trinajstić information content (AvgIpc) is 3.09. The summed E-state index contributed by atoms with van der Waals surface area (Å²) in [4.78, 5) is 12.4. The number of nitrogens with zero attached hydrogens (tertiary/aromatic N) is 2. The Morgan fingerprint density at radius 2 is 1.93 bits per heavy atom. The monoisotopic (exact) mass is 389 g/mol. The van der Waals surface area contributed by atoms with Crippen LogP contribution in [0, 0.1) is 23.3 Å². The summed E-state index contributed by atoms with van der Waals surface area (Å²) in [6.45, 7) is 0. The molecule has 0 saturated carbocycles. The topological polar surface area (TPSA) is 46.9 Å². The quantitative estimate of drug-likeness (QED) is 0.682. The van der Waals surface area contributed by atoms with Gasteiger partial charge in [0, 0.05) is 17.3 Å². The van der Waals surface area contributed by atoms with Crippen molar-refractivity contribution in [3.63, 3.8) is 0 Å². The summed E-state index contributed by atoms with van der Waals surface area (Å²) in [6.07, 6.45) is 3.35. The molecule has 0 fully saturated rings. The molecule has 144 valence electrons. The Balaban J connectivity index is 1.64. The average molecular weight is 389 g/mol. The van der Waals surface area contributed by atoms with E-state index in [4.69, 9.17) is 0 Å². The molecule has 1 aromatic heterocycles. The molecule has 1 N–H and O–H groups in total. The van der Waals surface area contributed by atoms with Gasteiger partial charge in [-0.1, -0.05) is 6.07 Å². The molecule has 0 radical (unpaired) electrons. The second-order valence-electron chi connectivity index (χ2n) is 6.57. The highest BCUT2D eigenvalue weighted by Crippen LogP contribution is 2.32. The summed E-state index contributed by atoms with van der Waals surface area (Å²) in [5.74, 6) is -4.49. The van der Waals surface area contributed by atoms with Gasteiger partial charge in [0.2, 0.25) is 0 Å². The van der Waals surface area contributed by atoms with Gasteiger partial charge in [0.1, 0.15) is 11.5 Å². The Hall–Kier alpha value is -3.16. The molecule has 4 nitrogen and oxygen atoms in total. The Morgan fingerprint density at radius 3 is 2.71 bits per heavy atom. The third-order valence-corrected chi connectivity index (χ3v) is 4.82. The molecule has 1 heterocycles. The van der Waals surface area contributed by atoms with Gasteiger partial charge in [0.05, 0.1) is 17.8 Å². The van der Waals surface area contributed by atoms with Crippen LogP contribution in [0.2, 0.25) is 0 Å². The van der Waals surface area contributed by atoms with E-state index in [1.807, 2.05) is 0 Å². The van der Waals surface area contributed by atoms with Gasteiger partial charge < -0.3 is 5.32 Å². The van der Waals surface area contributed by atoms with Crippen LogP contribution in [-0.4, -0.2) is 15.7 Å². The molecule has 1 aliphatic carbocycles. The molecular formula is C20H15F4N3O. The number of carbonyl (C=O) groups excluding carboxylic acids is 1. The van der Waals surface area contributed by atoms with Crippen LogP contribution in [0.5, 0.6) is 0 Å². The van der Waals surface area contributed by atoms with Crippen molar-refractivity contribution in [1.82, 2.24) is 15.1 Å². The number of hydrogen-bond acceptors (Lipinski definition) is 2. The van der Waals surface area contributed by atoms with Gasteiger partial charge in [0.15, 0.2) is 17.5 Å². The Bertz CT molecular complexity index is 1060. The van der Waals surface area contributed by atoms with Gasteiger partial charge in [-0.2, -0.15) is 5.10 Å². The highest BCUT2D eigenvalue weighted by Gasteiger charge is 2.28. The second-order valence-corrected chi connectivity index (χ2v) is 6.57. The molecule has 0 bridgehead atoms. The van der Waals surface area contributed by atoms with E-state index >= 15 is 0 Å². The summed E-state index contributed by atoms with van der Waals surface area (Å²) >= 11 is 0. The molecule has 1 aliphatic rings. The van der Waals surface area contributed by atoms with Crippen LogP contribution in [0.15, 0.2) is 42.6 Å². The fourth-order valence-electron chi connectivity index (χ4n) is 3.48. The largest absolute Gasteiger partial charge is 0.345 e. The van der Waals surface area contributed by atoms with Gasteiger partial charge in [0.25, 0.3) is 5.91 Å². The molecule has 0 saturated heterocycles. The van der Waals surface area contributed by atoms with Crippen LogP contribution in [0.3, 0.4) is 0 Å². The lowest BCUT2D eigenvalue weighted by Crippen LogP contribution is -2.31. The molecular weight excluding hydrogens is 374 g/mol. The Labute approximate surface area is 157 Å². The SMILES string of the molecule is O=C(NC1CCCc2c1cnn2-c1ccc(F)cc1F)c1cccc(F)c1F. The minimum absolute atomic E-state index is 0.103. The highest BCUT2D eigenvalue weighted by molar-refractivity contribution is 5.94.